The molecular formula is C7H5ClFO. The Hall–Kier alpha value is -0.760. The Bertz CT molecular complexity index is 237. The van der Waals surface area contributed by atoms with Crippen molar-refractivity contribution in [2.24, 2.45) is 0 Å². The molecule has 0 aliphatic rings. The summed E-state index contributed by atoms with van der Waals surface area (Å²) in [5, 5.41) is 0.346. The predicted octanol–water partition coefficient (Wildman–Crippen LogP) is 2.29. The summed E-state index contributed by atoms with van der Waals surface area (Å²) >= 11 is 5.49. The summed E-state index contributed by atoms with van der Waals surface area (Å²) in [6.07, 6.45) is 0. The fraction of sp³-hybridized carbons (Fsp3) is 0.143. The third kappa shape index (κ3) is 1.39. The van der Waals surface area contributed by atoms with E-state index in [9.17, 15) is 4.39 Å². The van der Waals surface area contributed by atoms with Gasteiger partial charge in [-0.25, -0.2) is 4.39 Å². The maximum Gasteiger partial charge on any atom is 0.165 e. The van der Waals surface area contributed by atoms with E-state index in [1.807, 2.05) is 0 Å². The summed E-state index contributed by atoms with van der Waals surface area (Å²) in [6, 6.07) is 5.14. The lowest BCUT2D eigenvalue weighted by atomic mass is 10.3. The third-order valence-electron chi connectivity index (χ3n) is 1.03. The van der Waals surface area contributed by atoms with Crippen molar-refractivity contribution in [1.82, 2.24) is 0 Å². The number of hydrogen-bond donors (Lipinski definition) is 0. The van der Waals surface area contributed by atoms with Gasteiger partial charge in [0.15, 0.2) is 11.6 Å². The maximum atomic E-state index is 12.6. The Kier molecular flexibility index (Phi) is 2.12. The van der Waals surface area contributed by atoms with Crippen molar-refractivity contribution in [3.8, 4) is 5.75 Å². The molecule has 1 rings (SSSR count). The van der Waals surface area contributed by atoms with E-state index in [0.29, 0.717) is 5.02 Å². The molecule has 0 aromatic heterocycles. The molecule has 0 unspecified atom stereocenters. The van der Waals surface area contributed by atoms with Gasteiger partial charge in [0.25, 0.3) is 0 Å². The summed E-state index contributed by atoms with van der Waals surface area (Å²) in [6.45, 7) is 0. The van der Waals surface area contributed by atoms with Crippen molar-refractivity contribution in [2.45, 2.75) is 0 Å². The summed E-state index contributed by atoms with van der Waals surface area (Å²) in [5.41, 5.74) is 0. The van der Waals surface area contributed by atoms with E-state index < -0.39 is 5.82 Å². The van der Waals surface area contributed by atoms with Crippen LogP contribution in [-0.2, 0) is 0 Å². The van der Waals surface area contributed by atoms with Crippen LogP contribution in [0.2, 0.25) is 5.02 Å². The van der Waals surface area contributed by atoms with E-state index in [1.165, 1.54) is 19.2 Å². The van der Waals surface area contributed by atoms with Crippen LogP contribution in [0.1, 0.15) is 0 Å². The molecule has 0 spiro atoms. The van der Waals surface area contributed by atoms with Crippen molar-refractivity contribution in [3.05, 3.63) is 29.0 Å². The number of rotatable bonds is 1. The second kappa shape index (κ2) is 2.88. The van der Waals surface area contributed by atoms with Crippen LogP contribution < -0.4 is 4.74 Å². The average molecular weight is 160 g/mol. The first-order chi connectivity index (χ1) is 4.74. The van der Waals surface area contributed by atoms with Gasteiger partial charge in [-0.2, -0.15) is 0 Å². The van der Waals surface area contributed by atoms with Gasteiger partial charge in [-0.15, -0.1) is 0 Å². The van der Waals surface area contributed by atoms with Crippen molar-refractivity contribution >= 4 is 11.6 Å². The minimum atomic E-state index is -0.452. The molecule has 0 aliphatic heterocycles. The molecule has 1 nitrogen and oxygen atoms in total. The first-order valence-corrected chi connectivity index (χ1v) is 3.03. The zero-order valence-electron chi connectivity index (χ0n) is 5.32. The Morgan fingerprint density at radius 3 is 2.80 bits per heavy atom. The van der Waals surface area contributed by atoms with E-state index in [1.54, 1.807) is 0 Å². The standard InChI is InChI=1S/C7H5ClFO/c1-10-7-4-5(8)2-3-6(7)9/h2-3H,1H3. The lowest BCUT2D eigenvalue weighted by Crippen LogP contribution is -1.86. The topological polar surface area (TPSA) is 9.23 Å². The van der Waals surface area contributed by atoms with Gasteiger partial charge in [0.1, 0.15) is 0 Å². The molecule has 3 heteroatoms. The third-order valence-corrected chi connectivity index (χ3v) is 1.25. The SMILES string of the molecule is COc1[c]c(Cl)ccc1F. The summed E-state index contributed by atoms with van der Waals surface area (Å²) in [4.78, 5) is 0. The average Bonchev–Trinajstić information content (AvgIpc) is 1.94. The molecule has 0 N–H and O–H groups in total. The van der Waals surface area contributed by atoms with Gasteiger partial charge in [0, 0.05) is 0 Å². The van der Waals surface area contributed by atoms with Crippen LogP contribution in [0.4, 0.5) is 4.39 Å². The van der Waals surface area contributed by atoms with Gasteiger partial charge in [-0.1, -0.05) is 11.6 Å². The molecule has 0 saturated heterocycles. The molecule has 1 radical (unpaired) electrons. The summed E-state index contributed by atoms with van der Waals surface area (Å²) in [5.74, 6) is -0.403. The van der Waals surface area contributed by atoms with Crippen molar-refractivity contribution in [3.63, 3.8) is 0 Å². The van der Waals surface area contributed by atoms with E-state index >= 15 is 0 Å². The maximum absolute atomic E-state index is 12.6. The monoisotopic (exact) mass is 159 g/mol. The summed E-state index contributed by atoms with van der Waals surface area (Å²) < 4.78 is 17.2. The molecular weight excluding hydrogens is 155 g/mol. The molecule has 0 bridgehead atoms. The zero-order valence-corrected chi connectivity index (χ0v) is 6.07. The highest BCUT2D eigenvalue weighted by atomic mass is 35.5. The minimum absolute atomic E-state index is 0.0486. The van der Waals surface area contributed by atoms with Gasteiger partial charge >= 0.3 is 0 Å². The van der Waals surface area contributed by atoms with Crippen molar-refractivity contribution in [2.75, 3.05) is 7.11 Å². The Labute approximate surface area is 63.4 Å². The smallest absolute Gasteiger partial charge is 0.165 e. The highest BCUT2D eigenvalue weighted by molar-refractivity contribution is 6.30. The fourth-order valence-electron chi connectivity index (χ4n) is 0.580. The van der Waals surface area contributed by atoms with Crippen LogP contribution in [0.15, 0.2) is 12.1 Å². The molecule has 0 aliphatic carbocycles. The van der Waals surface area contributed by atoms with Gasteiger partial charge in [0.2, 0.25) is 0 Å². The van der Waals surface area contributed by atoms with Gasteiger partial charge in [-0.3, -0.25) is 0 Å². The molecule has 0 atom stereocenters. The number of halogens is 2. The number of hydrogen-bond acceptors (Lipinski definition) is 1. The molecule has 53 valence electrons. The first-order valence-electron chi connectivity index (χ1n) is 2.65. The lowest BCUT2D eigenvalue weighted by molar-refractivity contribution is 0.385. The van der Waals surface area contributed by atoms with Crippen LogP contribution in [0.5, 0.6) is 5.75 Å². The van der Waals surface area contributed by atoms with Crippen LogP contribution in [-0.4, -0.2) is 7.11 Å². The molecule has 1 aromatic rings. The second-order valence-corrected chi connectivity index (χ2v) is 2.09. The van der Waals surface area contributed by atoms with Crippen LogP contribution in [0.3, 0.4) is 0 Å². The number of ether oxygens (including phenoxy) is 1. The quantitative estimate of drug-likeness (QED) is 0.611. The van der Waals surface area contributed by atoms with E-state index in [-0.39, 0.29) is 5.75 Å². The van der Waals surface area contributed by atoms with Gasteiger partial charge in [0.05, 0.1) is 18.2 Å². The van der Waals surface area contributed by atoms with Crippen LogP contribution in [0.25, 0.3) is 0 Å². The molecule has 10 heavy (non-hydrogen) atoms. The van der Waals surface area contributed by atoms with Crippen LogP contribution >= 0.6 is 11.6 Å². The van der Waals surface area contributed by atoms with Gasteiger partial charge in [-0.05, 0) is 12.1 Å². The first kappa shape index (κ1) is 7.35. The van der Waals surface area contributed by atoms with E-state index in [2.05, 4.69) is 10.8 Å². The lowest BCUT2D eigenvalue weighted by Gasteiger charge is -1.99. The Morgan fingerprint density at radius 1 is 1.60 bits per heavy atom. The Balaban J connectivity index is 3.09. The number of benzene rings is 1. The number of methoxy groups -OCH3 is 1. The second-order valence-electron chi connectivity index (χ2n) is 1.69. The molecule has 0 fully saturated rings. The molecule has 1 aromatic carbocycles. The zero-order chi connectivity index (χ0) is 7.56. The molecule has 0 saturated carbocycles. The Morgan fingerprint density at radius 2 is 2.30 bits per heavy atom. The summed E-state index contributed by atoms with van der Waals surface area (Å²) in [7, 11) is 1.37. The predicted molar refractivity (Wildman–Crippen MR) is 36.8 cm³/mol. The van der Waals surface area contributed by atoms with Gasteiger partial charge < -0.3 is 4.74 Å². The largest absolute Gasteiger partial charge is 0.493 e. The molecule has 0 heterocycles. The van der Waals surface area contributed by atoms with E-state index in [0.717, 1.165) is 0 Å². The highest BCUT2D eigenvalue weighted by Gasteiger charge is 2.01. The normalized spacial score (nSPS) is 9.50. The minimum Gasteiger partial charge on any atom is -0.493 e. The molecule has 0 amide bonds. The van der Waals surface area contributed by atoms with Crippen LogP contribution in [0, 0.1) is 11.9 Å². The van der Waals surface area contributed by atoms with E-state index in [4.69, 9.17) is 11.6 Å². The fourth-order valence-corrected chi connectivity index (χ4v) is 0.729. The highest BCUT2D eigenvalue weighted by Crippen LogP contribution is 2.19. The van der Waals surface area contributed by atoms with Crippen molar-refractivity contribution in [1.29, 1.82) is 0 Å². The van der Waals surface area contributed by atoms with Crippen molar-refractivity contribution < 1.29 is 9.13 Å².